The Balaban J connectivity index is 2.79. The van der Waals surface area contributed by atoms with Crippen LogP contribution < -0.4 is 10.6 Å². The predicted molar refractivity (Wildman–Crippen MR) is 87.5 cm³/mol. The Kier molecular flexibility index (Phi) is 7.34. The molecule has 0 fully saturated rings. The number of esters is 1. The van der Waals surface area contributed by atoms with E-state index in [1.54, 1.807) is 6.92 Å². The highest BCUT2D eigenvalue weighted by Gasteiger charge is 2.13. The number of carbonyl (C=O) groups is 2. The normalized spacial score (nSPS) is 10.6. The number of nitrogens with zero attached hydrogens (tertiary/aromatic N) is 1. The number of rotatable bonds is 7. The van der Waals surface area contributed by atoms with E-state index in [-0.39, 0.29) is 18.7 Å². The van der Waals surface area contributed by atoms with E-state index in [0.717, 1.165) is 17.5 Å². The molecule has 6 nitrogen and oxygen atoms in total. The molecule has 1 rings (SSSR count). The Morgan fingerprint density at radius 2 is 2.09 bits per heavy atom. The molecular weight excluding hydrogens is 294 g/mol. The predicted octanol–water partition coefficient (Wildman–Crippen LogP) is 2.06. The van der Waals surface area contributed by atoms with Crippen LogP contribution in [-0.2, 0) is 20.7 Å². The molecule has 1 amide bonds. The number of aryl methyl sites for hydroxylation is 2. The molecule has 0 heterocycles. The summed E-state index contributed by atoms with van der Waals surface area (Å²) in [4.78, 5) is 23.4. The van der Waals surface area contributed by atoms with Crippen molar-refractivity contribution in [3.63, 3.8) is 0 Å². The number of ether oxygens (including phenoxy) is 1. The van der Waals surface area contributed by atoms with Crippen molar-refractivity contribution in [2.24, 2.45) is 0 Å². The molecule has 0 radical (unpaired) electrons. The Labute approximate surface area is 136 Å². The zero-order valence-electron chi connectivity index (χ0n) is 13.6. The fourth-order valence-corrected chi connectivity index (χ4v) is 1.98. The quantitative estimate of drug-likeness (QED) is 0.456. The molecule has 0 unspecified atom stereocenters. The first kappa shape index (κ1) is 18.2. The summed E-state index contributed by atoms with van der Waals surface area (Å²) in [5.41, 5.74) is 2.52. The summed E-state index contributed by atoms with van der Waals surface area (Å²) in [6.45, 7) is 5.77. The van der Waals surface area contributed by atoms with Gasteiger partial charge in [-0.3, -0.25) is 9.59 Å². The largest absolute Gasteiger partial charge is 0.465 e. The van der Waals surface area contributed by atoms with Crippen LogP contribution in [0.2, 0.25) is 0 Å². The lowest BCUT2D eigenvalue weighted by Gasteiger charge is -2.12. The maximum absolute atomic E-state index is 12.2. The first-order valence-electron chi connectivity index (χ1n) is 7.42. The van der Waals surface area contributed by atoms with Gasteiger partial charge in [0.15, 0.2) is 0 Å². The van der Waals surface area contributed by atoms with E-state index in [4.69, 9.17) is 10.00 Å². The number of benzene rings is 1. The minimum absolute atomic E-state index is 0.100. The first-order chi connectivity index (χ1) is 11.0. The molecule has 0 saturated carbocycles. The minimum atomic E-state index is -0.521. The molecule has 6 heteroatoms. The lowest BCUT2D eigenvalue weighted by Crippen LogP contribution is -2.23. The molecular formula is C17H21N3O3. The number of carbonyl (C=O) groups excluding carboxylic acids is 2. The number of anilines is 1. The summed E-state index contributed by atoms with van der Waals surface area (Å²) >= 11 is 0. The number of nitriles is 1. The molecule has 0 aliphatic heterocycles. The van der Waals surface area contributed by atoms with Gasteiger partial charge in [-0.1, -0.05) is 25.1 Å². The smallest absolute Gasteiger partial charge is 0.325 e. The van der Waals surface area contributed by atoms with Gasteiger partial charge in [-0.05, 0) is 31.4 Å². The van der Waals surface area contributed by atoms with Crippen LogP contribution in [-0.4, -0.2) is 25.0 Å². The first-order valence-corrected chi connectivity index (χ1v) is 7.42. The van der Waals surface area contributed by atoms with Gasteiger partial charge in [0.25, 0.3) is 5.91 Å². The molecule has 1 aromatic carbocycles. The fourth-order valence-electron chi connectivity index (χ4n) is 1.98. The van der Waals surface area contributed by atoms with Crippen LogP contribution in [0, 0.1) is 18.3 Å². The highest BCUT2D eigenvalue weighted by Crippen LogP contribution is 2.21. The van der Waals surface area contributed by atoms with Gasteiger partial charge in [0.05, 0.1) is 6.61 Å². The Morgan fingerprint density at radius 1 is 1.35 bits per heavy atom. The number of nitrogens with one attached hydrogen (secondary N) is 2. The van der Waals surface area contributed by atoms with Crippen molar-refractivity contribution in [2.45, 2.75) is 27.2 Å². The molecule has 0 aliphatic rings. The molecule has 0 aromatic heterocycles. The van der Waals surface area contributed by atoms with E-state index >= 15 is 0 Å². The molecule has 122 valence electrons. The van der Waals surface area contributed by atoms with Crippen LogP contribution in [0.15, 0.2) is 30.0 Å². The monoisotopic (exact) mass is 315 g/mol. The van der Waals surface area contributed by atoms with E-state index in [1.165, 1.54) is 6.20 Å². The Morgan fingerprint density at radius 3 is 2.70 bits per heavy atom. The Bertz CT molecular complexity index is 645. The zero-order chi connectivity index (χ0) is 17.2. The van der Waals surface area contributed by atoms with Gasteiger partial charge in [-0.25, -0.2) is 0 Å². The number of amides is 1. The number of hydrogen-bond acceptors (Lipinski definition) is 5. The van der Waals surface area contributed by atoms with Gasteiger partial charge >= 0.3 is 5.97 Å². The second-order valence-electron chi connectivity index (χ2n) is 4.77. The summed E-state index contributed by atoms with van der Waals surface area (Å²) in [7, 11) is 0. The molecule has 0 spiro atoms. The summed E-state index contributed by atoms with van der Waals surface area (Å²) in [6.07, 6.45) is 1.99. The van der Waals surface area contributed by atoms with E-state index in [0.29, 0.717) is 5.69 Å². The summed E-state index contributed by atoms with van der Waals surface area (Å²) in [5.74, 6) is -0.971. The maximum Gasteiger partial charge on any atom is 0.325 e. The molecule has 0 bridgehead atoms. The third-order valence-corrected chi connectivity index (χ3v) is 3.14. The minimum Gasteiger partial charge on any atom is -0.465 e. The van der Waals surface area contributed by atoms with Crippen LogP contribution in [0.25, 0.3) is 0 Å². The molecule has 23 heavy (non-hydrogen) atoms. The second kappa shape index (κ2) is 9.26. The van der Waals surface area contributed by atoms with E-state index in [9.17, 15) is 9.59 Å². The lowest BCUT2D eigenvalue weighted by atomic mass is 10.1. The van der Waals surface area contributed by atoms with Crippen LogP contribution >= 0.6 is 0 Å². The van der Waals surface area contributed by atoms with Gasteiger partial charge in [0, 0.05) is 11.9 Å². The maximum atomic E-state index is 12.2. The van der Waals surface area contributed by atoms with Crippen LogP contribution in [0.5, 0.6) is 0 Å². The molecule has 2 N–H and O–H groups in total. The highest BCUT2D eigenvalue weighted by molar-refractivity contribution is 6.07. The van der Waals surface area contributed by atoms with Crippen molar-refractivity contribution in [1.29, 1.82) is 5.26 Å². The van der Waals surface area contributed by atoms with Gasteiger partial charge in [0.1, 0.15) is 18.2 Å². The van der Waals surface area contributed by atoms with E-state index in [2.05, 4.69) is 10.6 Å². The van der Waals surface area contributed by atoms with Crippen molar-refractivity contribution >= 4 is 17.6 Å². The van der Waals surface area contributed by atoms with Crippen LogP contribution in [0.4, 0.5) is 5.69 Å². The number of para-hydroxylation sites is 1. The lowest BCUT2D eigenvalue weighted by molar-refractivity contribution is -0.141. The Hall–Kier alpha value is -2.81. The average molecular weight is 315 g/mol. The van der Waals surface area contributed by atoms with Crippen molar-refractivity contribution in [3.8, 4) is 6.07 Å². The van der Waals surface area contributed by atoms with Crippen molar-refractivity contribution in [3.05, 3.63) is 41.1 Å². The van der Waals surface area contributed by atoms with Gasteiger partial charge < -0.3 is 15.4 Å². The van der Waals surface area contributed by atoms with E-state index in [1.807, 2.05) is 38.1 Å². The number of hydrogen-bond donors (Lipinski definition) is 2. The van der Waals surface area contributed by atoms with E-state index < -0.39 is 11.9 Å². The standard InChI is InChI=1S/C17H21N3O3/c1-4-13-8-6-7-12(3)16(13)20-17(22)14(9-18)10-19-11-15(21)23-5-2/h6-8,10,19H,4-5,11H2,1-3H3,(H,20,22)/b14-10-. The highest BCUT2D eigenvalue weighted by atomic mass is 16.5. The van der Waals surface area contributed by atoms with Gasteiger partial charge in [0.2, 0.25) is 0 Å². The molecule has 0 atom stereocenters. The third kappa shape index (κ3) is 5.47. The second-order valence-corrected chi connectivity index (χ2v) is 4.77. The van der Waals surface area contributed by atoms with Crippen molar-refractivity contribution < 1.29 is 14.3 Å². The molecule has 0 aliphatic carbocycles. The van der Waals surface area contributed by atoms with Crippen molar-refractivity contribution in [1.82, 2.24) is 5.32 Å². The summed E-state index contributed by atoms with van der Waals surface area (Å²) in [5, 5.41) is 14.5. The van der Waals surface area contributed by atoms with Crippen molar-refractivity contribution in [2.75, 3.05) is 18.5 Å². The SMILES string of the molecule is CCOC(=O)CN/C=C(/C#N)C(=O)Nc1c(C)cccc1CC. The zero-order valence-corrected chi connectivity index (χ0v) is 13.6. The fraction of sp³-hybridized carbons (Fsp3) is 0.353. The third-order valence-electron chi connectivity index (χ3n) is 3.14. The van der Waals surface area contributed by atoms with Crippen LogP contribution in [0.3, 0.4) is 0 Å². The average Bonchev–Trinajstić information content (AvgIpc) is 2.53. The topological polar surface area (TPSA) is 91.2 Å². The van der Waals surface area contributed by atoms with Gasteiger partial charge in [-0.2, -0.15) is 5.26 Å². The van der Waals surface area contributed by atoms with Crippen LogP contribution in [0.1, 0.15) is 25.0 Å². The molecule has 1 aromatic rings. The van der Waals surface area contributed by atoms with Gasteiger partial charge in [-0.15, -0.1) is 0 Å². The molecule has 0 saturated heterocycles. The summed E-state index contributed by atoms with van der Waals surface area (Å²) in [6, 6.07) is 7.56. The summed E-state index contributed by atoms with van der Waals surface area (Å²) < 4.78 is 4.75.